The molecule has 0 saturated carbocycles. The van der Waals surface area contributed by atoms with Crippen molar-refractivity contribution in [3.05, 3.63) is 29.8 Å². The van der Waals surface area contributed by atoms with E-state index in [-0.39, 0.29) is 54.7 Å². The second-order valence-corrected chi connectivity index (χ2v) is 10.2. The number of amides is 2. The summed E-state index contributed by atoms with van der Waals surface area (Å²) >= 11 is 0. The second kappa shape index (κ2) is 16.7. The van der Waals surface area contributed by atoms with E-state index in [1.807, 2.05) is 0 Å². The van der Waals surface area contributed by atoms with E-state index in [1.54, 1.807) is 0 Å². The maximum absolute atomic E-state index is 13.3. The van der Waals surface area contributed by atoms with Crippen LogP contribution in [0.25, 0.3) is 0 Å². The number of esters is 1. The Hall–Kier alpha value is -4.25. The molecule has 1 aromatic rings. The molecule has 0 radical (unpaired) electrons. The fraction of sp³-hybridized carbons (Fsp3) is 0.478. The van der Waals surface area contributed by atoms with Gasteiger partial charge in [0.1, 0.15) is 12.3 Å². The summed E-state index contributed by atoms with van der Waals surface area (Å²) in [5, 5.41) is 2.50. The minimum absolute atomic E-state index is 0.0387. The highest BCUT2D eigenvalue weighted by atomic mass is 32.2. The van der Waals surface area contributed by atoms with Crippen molar-refractivity contribution in [3.63, 3.8) is 0 Å². The number of nitrogens with one attached hydrogen (secondary N) is 2. The average molecular weight is 584 g/mol. The van der Waals surface area contributed by atoms with Crippen LogP contribution in [0.3, 0.4) is 0 Å². The molecule has 0 fully saturated rings. The van der Waals surface area contributed by atoms with Gasteiger partial charge in [0.2, 0.25) is 21.8 Å². The van der Waals surface area contributed by atoms with Gasteiger partial charge in [-0.1, -0.05) is 12.1 Å². The first kappa shape index (κ1) is 33.8. The van der Waals surface area contributed by atoms with Crippen LogP contribution in [-0.2, 0) is 29.1 Å². The van der Waals surface area contributed by atoms with Crippen LogP contribution in [0.15, 0.2) is 39.1 Å². The molecular formula is C23H37N9O7S. The molecular weight excluding hydrogens is 546 g/mol. The molecule has 0 aliphatic heterocycles. The van der Waals surface area contributed by atoms with Crippen LogP contribution in [-0.4, -0.2) is 95.2 Å². The summed E-state index contributed by atoms with van der Waals surface area (Å²) < 4.78 is 33.4. The summed E-state index contributed by atoms with van der Waals surface area (Å²) in [6.45, 7) is -0.0959. The second-order valence-electron chi connectivity index (χ2n) is 8.56. The van der Waals surface area contributed by atoms with Crippen molar-refractivity contribution in [1.82, 2.24) is 14.9 Å². The quantitative estimate of drug-likeness (QED) is 0.0363. The third-order valence-corrected chi connectivity index (χ3v) is 6.89. The zero-order valence-electron chi connectivity index (χ0n) is 22.4. The smallest absolute Gasteiger partial charge is 0.339 e. The average Bonchev–Trinajstić information content (AvgIpc) is 2.90. The number of likely N-dealkylation sites (N-methyl/N-ethyl adjacent to an activating group) is 1. The van der Waals surface area contributed by atoms with Crippen molar-refractivity contribution in [3.8, 4) is 0 Å². The van der Waals surface area contributed by atoms with Crippen molar-refractivity contribution in [1.29, 1.82) is 0 Å². The van der Waals surface area contributed by atoms with E-state index in [1.165, 1.54) is 31.3 Å². The Labute approximate surface area is 232 Å². The first-order chi connectivity index (χ1) is 18.8. The van der Waals surface area contributed by atoms with Gasteiger partial charge in [0, 0.05) is 20.1 Å². The van der Waals surface area contributed by atoms with E-state index in [0.717, 1.165) is 12.0 Å². The Morgan fingerprint density at radius 2 is 1.60 bits per heavy atom. The van der Waals surface area contributed by atoms with Crippen molar-refractivity contribution in [2.75, 3.05) is 33.8 Å². The van der Waals surface area contributed by atoms with E-state index in [0.29, 0.717) is 12.7 Å². The number of carbonyl (C=O) groups is 4. The molecule has 16 nitrogen and oxygen atoms in total. The molecule has 40 heavy (non-hydrogen) atoms. The van der Waals surface area contributed by atoms with Crippen LogP contribution in [0.4, 0.5) is 0 Å². The summed E-state index contributed by atoms with van der Waals surface area (Å²) in [4.78, 5) is 57.5. The number of guanidine groups is 2. The summed E-state index contributed by atoms with van der Waals surface area (Å²) in [7, 11) is -2.00. The maximum atomic E-state index is 13.3. The first-order valence-electron chi connectivity index (χ1n) is 12.1. The van der Waals surface area contributed by atoms with Gasteiger partial charge < -0.3 is 42.7 Å². The zero-order valence-corrected chi connectivity index (χ0v) is 23.2. The molecule has 0 saturated heterocycles. The van der Waals surface area contributed by atoms with Gasteiger partial charge >= 0.3 is 5.97 Å². The van der Waals surface area contributed by atoms with E-state index in [9.17, 15) is 27.6 Å². The number of aldehydes is 1. The normalized spacial score (nSPS) is 12.3. The number of aliphatic imine (C=N–C) groups is 2. The monoisotopic (exact) mass is 583 g/mol. The molecule has 0 spiro atoms. The van der Waals surface area contributed by atoms with Crippen LogP contribution < -0.4 is 33.0 Å². The number of nitrogens with zero attached hydrogens (tertiary/aromatic N) is 3. The number of methoxy groups -OCH3 is 1. The molecule has 1 rings (SSSR count). The molecule has 222 valence electrons. The SMILES string of the molecule is COC(=O)c1ccccc1S(=O)(=O)NC(CCCN=C(N)N)C(=O)N(C)CC(=O)NC(C=O)CCCN=C(N)N. The summed E-state index contributed by atoms with van der Waals surface area (Å²) in [6, 6.07) is 3.15. The lowest BCUT2D eigenvalue weighted by Crippen LogP contribution is -2.50. The van der Waals surface area contributed by atoms with Gasteiger partial charge in [0.25, 0.3) is 0 Å². The number of hydrogen-bond donors (Lipinski definition) is 6. The highest BCUT2D eigenvalue weighted by Gasteiger charge is 2.31. The molecule has 1 aromatic carbocycles. The van der Waals surface area contributed by atoms with E-state index >= 15 is 0 Å². The van der Waals surface area contributed by atoms with Gasteiger partial charge in [-0.2, -0.15) is 4.72 Å². The maximum Gasteiger partial charge on any atom is 0.339 e. The zero-order chi connectivity index (χ0) is 30.3. The minimum Gasteiger partial charge on any atom is -0.465 e. The standard InChI is InChI=1S/C23H37N9O7S/c1-32(13-19(34)30-15(14-33)7-5-11-28-22(24)25)20(35)17(9-6-12-29-23(26)27)31-40(37,38)18-10-4-3-8-16(18)21(36)39-2/h3-4,8,10,14-15,17,31H,5-7,9,11-13H2,1-2H3,(H,30,34)(H4,24,25,28)(H4,26,27,29). The Morgan fingerprint density at radius 3 is 2.15 bits per heavy atom. The Morgan fingerprint density at radius 1 is 1.02 bits per heavy atom. The lowest BCUT2D eigenvalue weighted by molar-refractivity contribution is -0.136. The molecule has 0 heterocycles. The summed E-state index contributed by atoms with van der Waals surface area (Å²) in [6.07, 6.45) is 1.40. The number of hydrogen-bond acceptors (Lipinski definition) is 9. The number of carbonyl (C=O) groups excluding carboxylic acids is 4. The molecule has 2 atom stereocenters. The molecule has 17 heteroatoms. The topological polar surface area (TPSA) is 268 Å². The minimum atomic E-state index is -4.41. The molecule has 0 aliphatic rings. The summed E-state index contributed by atoms with van der Waals surface area (Å²) in [5.41, 5.74) is 20.9. The highest BCUT2D eigenvalue weighted by Crippen LogP contribution is 2.18. The number of sulfonamides is 1. The molecule has 10 N–H and O–H groups in total. The largest absolute Gasteiger partial charge is 0.465 e. The Kier molecular flexibility index (Phi) is 14.1. The van der Waals surface area contributed by atoms with Crippen LogP contribution in [0.1, 0.15) is 36.0 Å². The van der Waals surface area contributed by atoms with Crippen molar-refractivity contribution >= 4 is 46.0 Å². The number of ether oxygens (including phenoxy) is 1. The molecule has 2 amide bonds. The van der Waals surface area contributed by atoms with Gasteiger partial charge in [-0.15, -0.1) is 0 Å². The lowest BCUT2D eigenvalue weighted by atomic mass is 10.1. The highest BCUT2D eigenvalue weighted by molar-refractivity contribution is 7.89. The van der Waals surface area contributed by atoms with Gasteiger partial charge in [0.15, 0.2) is 11.9 Å². The first-order valence-corrected chi connectivity index (χ1v) is 13.6. The number of rotatable bonds is 17. The fourth-order valence-electron chi connectivity index (χ4n) is 3.47. The van der Waals surface area contributed by atoms with Gasteiger partial charge in [-0.25, -0.2) is 13.2 Å². The van der Waals surface area contributed by atoms with E-state index < -0.39 is 46.4 Å². The molecule has 0 aliphatic carbocycles. The van der Waals surface area contributed by atoms with Crippen molar-refractivity contribution in [2.45, 2.75) is 42.7 Å². The van der Waals surface area contributed by atoms with Crippen LogP contribution in [0, 0.1) is 0 Å². The van der Waals surface area contributed by atoms with Gasteiger partial charge in [-0.05, 0) is 37.8 Å². The number of nitrogens with two attached hydrogens (primary N) is 4. The molecule has 0 bridgehead atoms. The third kappa shape index (κ3) is 11.6. The van der Waals surface area contributed by atoms with E-state index in [2.05, 4.69) is 24.8 Å². The Bertz CT molecular complexity index is 1200. The Balaban J connectivity index is 3.04. The van der Waals surface area contributed by atoms with Gasteiger partial charge in [-0.3, -0.25) is 19.6 Å². The molecule has 0 aromatic heterocycles. The van der Waals surface area contributed by atoms with Crippen LogP contribution >= 0.6 is 0 Å². The number of benzene rings is 1. The predicted octanol–water partition coefficient (Wildman–Crippen LogP) is -2.63. The van der Waals surface area contributed by atoms with Crippen molar-refractivity contribution in [2.24, 2.45) is 32.9 Å². The lowest BCUT2D eigenvalue weighted by Gasteiger charge is -2.25. The molecule has 2 unspecified atom stereocenters. The van der Waals surface area contributed by atoms with E-state index in [4.69, 9.17) is 22.9 Å². The fourth-order valence-corrected chi connectivity index (χ4v) is 4.89. The summed E-state index contributed by atoms with van der Waals surface area (Å²) in [5.74, 6) is -2.54. The van der Waals surface area contributed by atoms with Gasteiger partial charge in [0.05, 0.1) is 30.2 Å². The van der Waals surface area contributed by atoms with Crippen LogP contribution in [0.2, 0.25) is 0 Å². The van der Waals surface area contributed by atoms with Crippen molar-refractivity contribution < 1.29 is 32.3 Å². The third-order valence-electron chi connectivity index (χ3n) is 5.36. The van der Waals surface area contributed by atoms with Crippen LogP contribution in [0.5, 0.6) is 0 Å². The predicted molar refractivity (Wildman–Crippen MR) is 147 cm³/mol.